The molecule has 0 heterocycles. The third kappa shape index (κ3) is 4.33. The molecule has 0 spiro atoms. The number of likely N-dealkylation sites (N-methyl/N-ethyl adjacent to an activating group) is 1. The van der Waals surface area contributed by atoms with Crippen LogP contribution in [0.5, 0.6) is 0 Å². The molecule has 1 aromatic rings. The zero-order valence-electron chi connectivity index (χ0n) is 12.1. The topological polar surface area (TPSA) is 49.8 Å². The number of esters is 1. The number of nitrogens with zero attached hydrogens (tertiary/aromatic N) is 1. The maximum atomic E-state index is 11.5. The lowest BCUT2D eigenvalue weighted by atomic mass is 10.1. The molecule has 1 aromatic carbocycles. The van der Waals surface area contributed by atoms with Crippen molar-refractivity contribution in [3.8, 4) is 0 Å². The predicted molar refractivity (Wildman–Crippen MR) is 74.9 cm³/mol. The predicted octanol–water partition coefficient (Wildman–Crippen LogP) is 1.91. The van der Waals surface area contributed by atoms with E-state index in [0.717, 1.165) is 11.1 Å². The third-order valence-corrected chi connectivity index (χ3v) is 3.37. The fourth-order valence-electron chi connectivity index (χ4n) is 2.00. The van der Waals surface area contributed by atoms with Gasteiger partial charge in [0.05, 0.1) is 13.2 Å². The maximum Gasteiger partial charge on any atom is 0.322 e. The van der Waals surface area contributed by atoms with Crippen LogP contribution < -0.4 is 0 Å². The highest BCUT2D eigenvalue weighted by Gasteiger charge is 2.23. The molecule has 0 aromatic heterocycles. The minimum Gasteiger partial charge on any atom is -0.468 e. The van der Waals surface area contributed by atoms with Crippen molar-refractivity contribution in [2.45, 2.75) is 32.9 Å². The van der Waals surface area contributed by atoms with Crippen molar-refractivity contribution in [1.29, 1.82) is 0 Å². The van der Waals surface area contributed by atoms with E-state index in [0.29, 0.717) is 13.1 Å². The van der Waals surface area contributed by atoms with Crippen LogP contribution in [0.2, 0.25) is 0 Å². The van der Waals surface area contributed by atoms with E-state index in [1.807, 2.05) is 43.0 Å². The Morgan fingerprint density at radius 3 is 2.42 bits per heavy atom. The fraction of sp³-hybridized carbons (Fsp3) is 0.533. The SMILES string of the molecule is CCN(CC(O)c1ccc(C)cc1)C(C)C(=O)OC. The monoisotopic (exact) mass is 265 g/mol. The molecular weight excluding hydrogens is 242 g/mol. The zero-order chi connectivity index (χ0) is 14.4. The number of methoxy groups -OCH3 is 1. The summed E-state index contributed by atoms with van der Waals surface area (Å²) in [7, 11) is 1.38. The summed E-state index contributed by atoms with van der Waals surface area (Å²) in [6.07, 6.45) is -0.604. The van der Waals surface area contributed by atoms with Gasteiger partial charge in [-0.1, -0.05) is 36.8 Å². The van der Waals surface area contributed by atoms with Crippen LogP contribution in [0.1, 0.15) is 31.1 Å². The average Bonchev–Trinajstić information content (AvgIpc) is 2.43. The normalized spacial score (nSPS) is 14.2. The van der Waals surface area contributed by atoms with Crippen LogP contribution in [0.4, 0.5) is 0 Å². The number of rotatable bonds is 6. The lowest BCUT2D eigenvalue weighted by Crippen LogP contribution is -2.41. The van der Waals surface area contributed by atoms with Crippen LogP contribution >= 0.6 is 0 Å². The van der Waals surface area contributed by atoms with Gasteiger partial charge in [0.25, 0.3) is 0 Å². The Labute approximate surface area is 115 Å². The van der Waals surface area contributed by atoms with Crippen LogP contribution in [0.3, 0.4) is 0 Å². The summed E-state index contributed by atoms with van der Waals surface area (Å²) in [6.45, 7) is 6.85. The summed E-state index contributed by atoms with van der Waals surface area (Å²) in [4.78, 5) is 13.4. The Kier molecular flexibility index (Phi) is 5.99. The Morgan fingerprint density at radius 2 is 1.95 bits per heavy atom. The Bertz CT molecular complexity index is 402. The summed E-state index contributed by atoms with van der Waals surface area (Å²) in [6, 6.07) is 7.42. The quantitative estimate of drug-likeness (QED) is 0.798. The van der Waals surface area contributed by atoms with Crippen LogP contribution in [-0.2, 0) is 9.53 Å². The number of carbonyl (C=O) groups excluding carboxylic acids is 1. The molecule has 0 aliphatic carbocycles. The molecule has 2 unspecified atom stereocenters. The molecule has 0 saturated heterocycles. The van der Waals surface area contributed by atoms with E-state index in [-0.39, 0.29) is 12.0 Å². The summed E-state index contributed by atoms with van der Waals surface area (Å²) < 4.78 is 4.74. The number of hydrogen-bond acceptors (Lipinski definition) is 4. The number of benzene rings is 1. The summed E-state index contributed by atoms with van der Waals surface area (Å²) >= 11 is 0. The van der Waals surface area contributed by atoms with Gasteiger partial charge in [-0.25, -0.2) is 0 Å². The molecule has 0 radical (unpaired) electrons. The smallest absolute Gasteiger partial charge is 0.322 e. The number of aliphatic hydroxyl groups excluding tert-OH is 1. The molecule has 4 nitrogen and oxygen atoms in total. The van der Waals surface area contributed by atoms with Gasteiger partial charge in [0.1, 0.15) is 6.04 Å². The molecular formula is C15H23NO3. The molecule has 0 bridgehead atoms. The first-order valence-corrected chi connectivity index (χ1v) is 6.56. The number of ether oxygens (including phenoxy) is 1. The zero-order valence-corrected chi connectivity index (χ0v) is 12.1. The van der Waals surface area contributed by atoms with E-state index in [9.17, 15) is 9.90 Å². The molecule has 0 saturated carbocycles. The highest BCUT2D eigenvalue weighted by Crippen LogP contribution is 2.16. The molecule has 1 N–H and O–H groups in total. The molecule has 0 fully saturated rings. The minimum atomic E-state index is -0.604. The van der Waals surface area contributed by atoms with Crippen molar-refractivity contribution < 1.29 is 14.6 Å². The van der Waals surface area contributed by atoms with Crippen molar-refractivity contribution in [3.63, 3.8) is 0 Å². The van der Waals surface area contributed by atoms with Gasteiger partial charge in [-0.3, -0.25) is 9.69 Å². The summed E-state index contributed by atoms with van der Waals surface area (Å²) in [5.74, 6) is -0.280. The van der Waals surface area contributed by atoms with E-state index >= 15 is 0 Å². The van der Waals surface area contributed by atoms with E-state index in [1.54, 1.807) is 6.92 Å². The van der Waals surface area contributed by atoms with Crippen LogP contribution in [0.25, 0.3) is 0 Å². The molecule has 4 heteroatoms. The lowest BCUT2D eigenvalue weighted by molar-refractivity contribution is -0.146. The van der Waals surface area contributed by atoms with Crippen molar-refractivity contribution in [1.82, 2.24) is 4.90 Å². The van der Waals surface area contributed by atoms with Gasteiger partial charge < -0.3 is 9.84 Å². The van der Waals surface area contributed by atoms with E-state index in [4.69, 9.17) is 4.74 Å². The van der Waals surface area contributed by atoms with Crippen molar-refractivity contribution in [2.75, 3.05) is 20.2 Å². The van der Waals surface area contributed by atoms with Crippen molar-refractivity contribution in [2.24, 2.45) is 0 Å². The second-order valence-corrected chi connectivity index (χ2v) is 4.71. The van der Waals surface area contributed by atoms with Gasteiger partial charge in [0, 0.05) is 6.54 Å². The first-order valence-electron chi connectivity index (χ1n) is 6.56. The first kappa shape index (κ1) is 15.7. The second-order valence-electron chi connectivity index (χ2n) is 4.71. The summed E-state index contributed by atoms with van der Waals surface area (Å²) in [5, 5.41) is 10.2. The molecule has 0 aliphatic rings. The van der Waals surface area contributed by atoms with Gasteiger partial charge in [0.15, 0.2) is 0 Å². The lowest BCUT2D eigenvalue weighted by Gasteiger charge is -2.28. The van der Waals surface area contributed by atoms with Crippen molar-refractivity contribution >= 4 is 5.97 Å². The molecule has 19 heavy (non-hydrogen) atoms. The summed E-state index contributed by atoms with van der Waals surface area (Å²) in [5.41, 5.74) is 2.02. The van der Waals surface area contributed by atoms with Gasteiger partial charge in [0.2, 0.25) is 0 Å². The number of aliphatic hydroxyl groups is 1. The minimum absolute atomic E-state index is 0.280. The van der Waals surface area contributed by atoms with Crippen LogP contribution in [0, 0.1) is 6.92 Å². The van der Waals surface area contributed by atoms with Crippen LogP contribution in [-0.4, -0.2) is 42.2 Å². The fourth-order valence-corrected chi connectivity index (χ4v) is 2.00. The number of carbonyl (C=O) groups is 1. The highest BCUT2D eigenvalue weighted by molar-refractivity contribution is 5.75. The molecule has 2 atom stereocenters. The molecule has 106 valence electrons. The number of aryl methyl sites for hydroxylation is 1. The Morgan fingerprint density at radius 1 is 1.37 bits per heavy atom. The van der Waals surface area contributed by atoms with E-state index in [2.05, 4.69) is 0 Å². The van der Waals surface area contributed by atoms with E-state index in [1.165, 1.54) is 7.11 Å². The van der Waals surface area contributed by atoms with Gasteiger partial charge in [-0.05, 0) is 26.0 Å². The third-order valence-electron chi connectivity index (χ3n) is 3.37. The van der Waals surface area contributed by atoms with Crippen molar-refractivity contribution in [3.05, 3.63) is 35.4 Å². The van der Waals surface area contributed by atoms with Gasteiger partial charge in [-0.15, -0.1) is 0 Å². The average molecular weight is 265 g/mol. The largest absolute Gasteiger partial charge is 0.468 e. The number of hydrogen-bond donors (Lipinski definition) is 1. The second kappa shape index (κ2) is 7.26. The molecule has 1 rings (SSSR count). The Hall–Kier alpha value is -1.39. The van der Waals surface area contributed by atoms with E-state index < -0.39 is 6.10 Å². The van der Waals surface area contributed by atoms with Gasteiger partial charge in [-0.2, -0.15) is 0 Å². The molecule has 0 amide bonds. The Balaban J connectivity index is 2.70. The highest BCUT2D eigenvalue weighted by atomic mass is 16.5. The van der Waals surface area contributed by atoms with Crippen LogP contribution in [0.15, 0.2) is 24.3 Å². The first-order chi connectivity index (χ1) is 8.99. The maximum absolute atomic E-state index is 11.5. The standard InChI is InChI=1S/C15H23NO3/c1-5-16(12(3)15(18)19-4)10-14(17)13-8-6-11(2)7-9-13/h6-9,12,14,17H,5,10H2,1-4H3. The molecule has 0 aliphatic heterocycles. The van der Waals surface area contributed by atoms with Gasteiger partial charge >= 0.3 is 5.97 Å².